The van der Waals surface area contributed by atoms with E-state index in [0.717, 1.165) is 19.1 Å². The normalized spacial score (nSPS) is 24.3. The Morgan fingerprint density at radius 3 is 2.31 bits per heavy atom. The third-order valence-corrected chi connectivity index (χ3v) is 5.40. The predicted molar refractivity (Wildman–Crippen MR) is 117 cm³/mol. The molecule has 4 rings (SSSR count). The summed E-state index contributed by atoms with van der Waals surface area (Å²) in [6.07, 6.45) is -8.30. The number of ether oxygens (including phenoxy) is 3. The van der Waals surface area contributed by atoms with Crippen LogP contribution in [0, 0.1) is 0 Å². The van der Waals surface area contributed by atoms with Crippen LogP contribution in [0.5, 0.6) is 23.0 Å². The molecular weight excluding hydrogens is 468 g/mol. The fourth-order valence-electron chi connectivity index (χ4n) is 3.65. The smallest absolute Gasteiger partial charge is 0.302 e. The fourth-order valence-corrected chi connectivity index (χ4v) is 3.65. The summed E-state index contributed by atoms with van der Waals surface area (Å²) in [6.45, 7) is 0.653. The topological polar surface area (TPSA) is 196 Å². The molecule has 1 aromatic heterocycles. The fraction of sp³-hybridized carbons (Fsp3) is 0.304. The Morgan fingerprint density at radius 1 is 0.971 bits per heavy atom. The highest BCUT2D eigenvalue weighted by molar-refractivity contribution is 5.88. The van der Waals surface area contributed by atoms with Crippen LogP contribution in [0.25, 0.3) is 22.3 Å². The van der Waals surface area contributed by atoms with Gasteiger partial charge in [0.1, 0.15) is 59.2 Å². The van der Waals surface area contributed by atoms with Crippen molar-refractivity contribution in [1.29, 1.82) is 0 Å². The largest absolute Gasteiger partial charge is 0.508 e. The van der Waals surface area contributed by atoms with Gasteiger partial charge in [-0.25, -0.2) is 0 Å². The molecule has 186 valence electrons. The highest BCUT2D eigenvalue weighted by Crippen LogP contribution is 2.37. The quantitative estimate of drug-likeness (QED) is 0.268. The van der Waals surface area contributed by atoms with Gasteiger partial charge in [-0.05, 0) is 24.3 Å². The SMILES string of the molecule is CC(=O)OC[C@@H]1O[C@@H](Oc2c(-c3ccc(O)cc3)oc3cc(O)cc(O)c3c2=O)[C@H](O)[C@@H](O)[C@@H]1O. The summed E-state index contributed by atoms with van der Waals surface area (Å²) in [5.74, 6) is -2.49. The highest BCUT2D eigenvalue weighted by Gasteiger charge is 2.46. The van der Waals surface area contributed by atoms with Crippen molar-refractivity contribution in [1.82, 2.24) is 0 Å². The number of hydrogen-bond acceptors (Lipinski definition) is 12. The Hall–Kier alpha value is -3.84. The van der Waals surface area contributed by atoms with E-state index in [-0.39, 0.29) is 33.8 Å². The van der Waals surface area contributed by atoms with Gasteiger partial charge in [0.05, 0.1) is 0 Å². The summed E-state index contributed by atoms with van der Waals surface area (Å²) in [4.78, 5) is 24.5. The average molecular weight is 490 g/mol. The van der Waals surface area contributed by atoms with Gasteiger partial charge in [-0.15, -0.1) is 0 Å². The average Bonchev–Trinajstić information content (AvgIpc) is 2.80. The van der Waals surface area contributed by atoms with Gasteiger partial charge in [-0.3, -0.25) is 9.59 Å². The Labute approximate surface area is 196 Å². The molecule has 0 bridgehead atoms. The third-order valence-electron chi connectivity index (χ3n) is 5.40. The Bertz CT molecular complexity index is 1300. The summed E-state index contributed by atoms with van der Waals surface area (Å²) in [6, 6.07) is 7.44. The van der Waals surface area contributed by atoms with Crippen molar-refractivity contribution in [2.24, 2.45) is 0 Å². The van der Waals surface area contributed by atoms with Gasteiger partial charge >= 0.3 is 5.97 Å². The number of phenols is 3. The molecule has 1 saturated heterocycles. The van der Waals surface area contributed by atoms with E-state index in [0.29, 0.717) is 0 Å². The molecule has 1 aliphatic heterocycles. The van der Waals surface area contributed by atoms with Crippen molar-refractivity contribution in [3.05, 3.63) is 46.6 Å². The summed E-state index contributed by atoms with van der Waals surface area (Å²) in [5, 5.41) is 60.2. The number of carbonyl (C=O) groups is 1. The zero-order valence-corrected chi connectivity index (χ0v) is 18.2. The molecule has 0 amide bonds. The van der Waals surface area contributed by atoms with Gasteiger partial charge in [0.25, 0.3) is 0 Å². The van der Waals surface area contributed by atoms with Gasteiger partial charge in [0.15, 0.2) is 5.76 Å². The zero-order valence-electron chi connectivity index (χ0n) is 18.2. The lowest BCUT2D eigenvalue weighted by atomic mass is 9.99. The van der Waals surface area contributed by atoms with Gasteiger partial charge in [-0.1, -0.05) is 0 Å². The third kappa shape index (κ3) is 4.72. The number of benzene rings is 2. The van der Waals surface area contributed by atoms with E-state index in [2.05, 4.69) is 0 Å². The highest BCUT2D eigenvalue weighted by atomic mass is 16.7. The molecular formula is C23H22O12. The lowest BCUT2D eigenvalue weighted by Crippen LogP contribution is -2.60. The van der Waals surface area contributed by atoms with Crippen LogP contribution in [-0.4, -0.2) is 73.9 Å². The second kappa shape index (κ2) is 9.43. The Balaban J connectivity index is 1.81. The van der Waals surface area contributed by atoms with Crippen LogP contribution in [0.4, 0.5) is 0 Å². The Kier molecular flexibility index (Phi) is 6.54. The van der Waals surface area contributed by atoms with E-state index in [9.17, 15) is 40.2 Å². The Morgan fingerprint density at radius 2 is 1.66 bits per heavy atom. The molecule has 3 aromatic rings. The van der Waals surface area contributed by atoms with E-state index in [1.165, 1.54) is 24.3 Å². The molecule has 12 nitrogen and oxygen atoms in total. The van der Waals surface area contributed by atoms with Crippen molar-refractivity contribution in [3.8, 4) is 34.3 Å². The summed E-state index contributed by atoms with van der Waals surface area (Å²) in [5.41, 5.74) is -0.849. The molecule has 2 aromatic carbocycles. The second-order valence-corrected chi connectivity index (χ2v) is 7.91. The number of aromatic hydroxyl groups is 3. The van der Waals surface area contributed by atoms with Crippen molar-refractivity contribution >= 4 is 16.9 Å². The van der Waals surface area contributed by atoms with Gasteiger partial charge in [0.2, 0.25) is 17.5 Å². The number of fused-ring (bicyclic) bond motifs is 1. The maximum atomic E-state index is 13.4. The minimum Gasteiger partial charge on any atom is -0.508 e. The van der Waals surface area contributed by atoms with Crippen LogP contribution in [0.15, 0.2) is 45.6 Å². The first-order valence-electron chi connectivity index (χ1n) is 10.4. The van der Waals surface area contributed by atoms with Crippen molar-refractivity contribution in [2.45, 2.75) is 37.6 Å². The van der Waals surface area contributed by atoms with E-state index >= 15 is 0 Å². The standard InChI is InChI=1S/C23H22O12/c1-9(24)32-8-15-17(28)19(30)20(31)23(34-15)35-22-18(29)16-13(27)6-12(26)7-14(16)33-21(22)10-2-4-11(25)5-3-10/h2-7,15,17,19-20,23,25-28,30-31H,8H2,1H3/t15-,17+,19-,20+,23-/m0/s1. The molecule has 0 saturated carbocycles. The van der Waals surface area contributed by atoms with Crippen LogP contribution in [0.2, 0.25) is 0 Å². The number of carbonyl (C=O) groups excluding carboxylic acids is 1. The van der Waals surface area contributed by atoms with Crippen LogP contribution in [0.1, 0.15) is 6.92 Å². The minimum atomic E-state index is -1.84. The van der Waals surface area contributed by atoms with E-state index < -0.39 is 60.2 Å². The lowest BCUT2D eigenvalue weighted by Gasteiger charge is -2.39. The van der Waals surface area contributed by atoms with Gasteiger partial charge in [0, 0.05) is 24.6 Å². The van der Waals surface area contributed by atoms with Crippen LogP contribution in [0.3, 0.4) is 0 Å². The zero-order chi connectivity index (χ0) is 25.4. The maximum Gasteiger partial charge on any atom is 0.302 e. The lowest BCUT2D eigenvalue weighted by molar-refractivity contribution is -0.278. The van der Waals surface area contributed by atoms with Crippen molar-refractivity contribution < 1.29 is 54.1 Å². The first kappa shape index (κ1) is 24.3. The van der Waals surface area contributed by atoms with E-state index in [1.54, 1.807) is 0 Å². The number of aliphatic hydroxyl groups is 3. The van der Waals surface area contributed by atoms with Crippen LogP contribution >= 0.6 is 0 Å². The monoisotopic (exact) mass is 490 g/mol. The van der Waals surface area contributed by atoms with Crippen molar-refractivity contribution in [2.75, 3.05) is 6.61 Å². The molecule has 5 atom stereocenters. The number of rotatable bonds is 5. The van der Waals surface area contributed by atoms with Gasteiger partial charge in [-0.2, -0.15) is 0 Å². The van der Waals surface area contributed by atoms with E-state index in [1.807, 2.05) is 0 Å². The number of esters is 1. The van der Waals surface area contributed by atoms with E-state index in [4.69, 9.17) is 18.6 Å². The molecule has 1 aliphatic rings. The molecule has 12 heteroatoms. The number of aliphatic hydroxyl groups excluding tert-OH is 3. The first-order valence-corrected chi connectivity index (χ1v) is 10.4. The molecule has 0 radical (unpaired) electrons. The minimum absolute atomic E-state index is 0.0777. The molecule has 0 unspecified atom stereocenters. The van der Waals surface area contributed by atoms with Crippen LogP contribution in [-0.2, 0) is 14.3 Å². The number of hydrogen-bond donors (Lipinski definition) is 6. The molecule has 1 fully saturated rings. The van der Waals surface area contributed by atoms with Gasteiger partial charge < -0.3 is 49.3 Å². The summed E-state index contributed by atoms with van der Waals surface area (Å²) in [7, 11) is 0. The summed E-state index contributed by atoms with van der Waals surface area (Å²) >= 11 is 0. The number of phenolic OH excluding ortho intramolecular Hbond substituents is 3. The summed E-state index contributed by atoms with van der Waals surface area (Å²) < 4.78 is 21.7. The predicted octanol–water partition coefficient (Wildman–Crippen LogP) is 0.326. The van der Waals surface area contributed by atoms with Crippen molar-refractivity contribution in [3.63, 3.8) is 0 Å². The second-order valence-electron chi connectivity index (χ2n) is 7.91. The molecule has 35 heavy (non-hydrogen) atoms. The molecule has 2 heterocycles. The maximum absolute atomic E-state index is 13.4. The first-order chi connectivity index (χ1) is 16.6. The van der Waals surface area contributed by atoms with Crippen LogP contribution < -0.4 is 10.2 Å². The molecule has 0 spiro atoms. The molecule has 0 aliphatic carbocycles. The molecule has 6 N–H and O–H groups in total.